The van der Waals surface area contributed by atoms with Gasteiger partial charge in [-0.1, -0.05) is 17.8 Å². The number of hydrogen-bond acceptors (Lipinski definition) is 5. The lowest BCUT2D eigenvalue weighted by atomic mass is 10.3. The summed E-state index contributed by atoms with van der Waals surface area (Å²) in [6, 6.07) is 9.36. The van der Waals surface area contributed by atoms with Gasteiger partial charge in [0.2, 0.25) is 5.91 Å². The number of thioether (sulfide) groups is 1. The number of carbonyl (C=O) groups excluding carboxylic acids is 1. The third kappa shape index (κ3) is 3.75. The number of aromatic nitrogens is 2. The van der Waals surface area contributed by atoms with Crippen molar-refractivity contribution in [3.63, 3.8) is 0 Å². The van der Waals surface area contributed by atoms with Gasteiger partial charge in [-0.3, -0.25) is 14.2 Å². The van der Waals surface area contributed by atoms with Crippen LogP contribution in [-0.4, -0.2) is 21.2 Å². The van der Waals surface area contributed by atoms with Gasteiger partial charge >= 0.3 is 0 Å². The number of carbonyl (C=O) groups is 1. The van der Waals surface area contributed by atoms with Gasteiger partial charge < -0.3 is 5.32 Å². The van der Waals surface area contributed by atoms with E-state index in [9.17, 15) is 9.59 Å². The molecule has 0 saturated heterocycles. The summed E-state index contributed by atoms with van der Waals surface area (Å²) in [5.74, 6) is 0.0698. The van der Waals surface area contributed by atoms with Gasteiger partial charge in [0.1, 0.15) is 4.83 Å². The monoisotopic (exact) mass is 457 g/mol. The summed E-state index contributed by atoms with van der Waals surface area (Å²) in [4.78, 5) is 29.4. The summed E-state index contributed by atoms with van der Waals surface area (Å²) in [7, 11) is 1.67. The van der Waals surface area contributed by atoms with Crippen LogP contribution in [0.5, 0.6) is 0 Å². The number of benzene rings is 1. The summed E-state index contributed by atoms with van der Waals surface area (Å²) in [6.07, 6.45) is 0. The number of hydrogen-bond donors (Lipinski definition) is 1. The van der Waals surface area contributed by atoms with Crippen LogP contribution in [0.15, 0.2) is 45.7 Å². The first-order valence-electron chi connectivity index (χ1n) is 6.67. The Labute approximate surface area is 154 Å². The van der Waals surface area contributed by atoms with Crippen molar-refractivity contribution in [1.29, 1.82) is 0 Å². The van der Waals surface area contributed by atoms with Crippen molar-refractivity contribution in [2.75, 3.05) is 11.1 Å². The van der Waals surface area contributed by atoms with Gasteiger partial charge in [0.05, 0.1) is 11.1 Å². The summed E-state index contributed by atoms with van der Waals surface area (Å²) in [5, 5.41) is 5.85. The van der Waals surface area contributed by atoms with Crippen LogP contribution in [0, 0.1) is 3.57 Å². The second-order valence-electron chi connectivity index (χ2n) is 4.75. The van der Waals surface area contributed by atoms with Gasteiger partial charge in [0.15, 0.2) is 5.16 Å². The van der Waals surface area contributed by atoms with E-state index in [1.54, 1.807) is 13.1 Å². The Kier molecular flexibility index (Phi) is 5.02. The fourth-order valence-corrected chi connectivity index (χ4v) is 4.12. The number of rotatable bonds is 4. The van der Waals surface area contributed by atoms with Gasteiger partial charge in [-0.15, -0.1) is 11.3 Å². The maximum Gasteiger partial charge on any atom is 0.262 e. The Bertz CT molecular complexity index is 936. The van der Waals surface area contributed by atoms with Crippen molar-refractivity contribution in [3.8, 4) is 0 Å². The normalized spacial score (nSPS) is 10.9. The molecule has 2 aromatic heterocycles. The topological polar surface area (TPSA) is 64.0 Å². The molecular formula is C15H12IN3O2S2. The Morgan fingerprint density at radius 2 is 2.26 bits per heavy atom. The number of fused-ring (bicyclic) bond motifs is 1. The summed E-state index contributed by atoms with van der Waals surface area (Å²) in [5.41, 5.74) is 0.676. The third-order valence-corrected chi connectivity index (χ3v) is 5.61. The zero-order valence-electron chi connectivity index (χ0n) is 12.1. The first kappa shape index (κ1) is 16.5. The average molecular weight is 457 g/mol. The predicted octanol–water partition coefficient (Wildman–Crippen LogP) is 3.33. The molecule has 1 amide bonds. The van der Waals surface area contributed by atoms with Gasteiger partial charge in [-0.05, 0) is 52.2 Å². The summed E-state index contributed by atoms with van der Waals surface area (Å²) >= 11 is 4.87. The van der Waals surface area contributed by atoms with Gasteiger partial charge in [0, 0.05) is 16.3 Å². The van der Waals surface area contributed by atoms with Gasteiger partial charge in [-0.25, -0.2) is 4.98 Å². The molecule has 0 fully saturated rings. The number of nitrogens with one attached hydrogen (secondary N) is 1. The quantitative estimate of drug-likeness (QED) is 0.371. The lowest BCUT2D eigenvalue weighted by Crippen LogP contribution is -2.20. The molecule has 0 aliphatic rings. The molecule has 23 heavy (non-hydrogen) atoms. The molecule has 1 N–H and O–H groups in total. The highest BCUT2D eigenvalue weighted by Gasteiger charge is 2.11. The van der Waals surface area contributed by atoms with Crippen LogP contribution in [0.3, 0.4) is 0 Å². The van der Waals surface area contributed by atoms with E-state index in [0.29, 0.717) is 15.4 Å². The van der Waals surface area contributed by atoms with Crippen LogP contribution in [0.2, 0.25) is 0 Å². The number of nitrogens with zero attached hydrogens (tertiary/aromatic N) is 2. The zero-order chi connectivity index (χ0) is 16.4. The highest BCUT2D eigenvalue weighted by atomic mass is 127. The van der Waals surface area contributed by atoms with E-state index in [0.717, 1.165) is 9.26 Å². The van der Waals surface area contributed by atoms with Crippen LogP contribution >= 0.6 is 45.7 Å². The maximum atomic E-state index is 12.2. The molecule has 0 spiro atoms. The van der Waals surface area contributed by atoms with Crippen molar-refractivity contribution >= 4 is 67.5 Å². The van der Waals surface area contributed by atoms with E-state index in [2.05, 4.69) is 32.9 Å². The molecule has 0 aliphatic carbocycles. The van der Waals surface area contributed by atoms with Crippen LogP contribution in [0.4, 0.5) is 5.69 Å². The molecule has 8 heteroatoms. The maximum absolute atomic E-state index is 12.2. The van der Waals surface area contributed by atoms with Crippen molar-refractivity contribution in [2.24, 2.45) is 7.05 Å². The van der Waals surface area contributed by atoms with Crippen molar-refractivity contribution in [3.05, 3.63) is 49.6 Å². The number of amides is 1. The molecule has 0 bridgehead atoms. The fourth-order valence-electron chi connectivity index (χ4n) is 2.00. The zero-order valence-corrected chi connectivity index (χ0v) is 15.9. The van der Waals surface area contributed by atoms with Crippen molar-refractivity contribution in [1.82, 2.24) is 9.55 Å². The minimum absolute atomic E-state index is 0.0863. The fraction of sp³-hybridized carbons (Fsp3) is 0.133. The molecule has 3 aromatic rings. The molecule has 0 radical (unpaired) electrons. The molecule has 118 valence electrons. The average Bonchev–Trinajstić information content (AvgIpc) is 2.98. The Morgan fingerprint density at radius 1 is 1.43 bits per heavy atom. The minimum Gasteiger partial charge on any atom is -0.325 e. The SMILES string of the molecule is Cn1c(SCC(=O)Nc2cccc(I)c2)nc2sccc2c1=O. The molecule has 1 aromatic carbocycles. The lowest BCUT2D eigenvalue weighted by molar-refractivity contribution is -0.113. The van der Waals surface area contributed by atoms with E-state index >= 15 is 0 Å². The molecule has 0 unspecified atom stereocenters. The smallest absolute Gasteiger partial charge is 0.262 e. The highest BCUT2D eigenvalue weighted by molar-refractivity contribution is 14.1. The number of thiophene rings is 1. The minimum atomic E-state index is -0.127. The van der Waals surface area contributed by atoms with E-state index in [1.165, 1.54) is 27.7 Å². The van der Waals surface area contributed by atoms with Crippen LogP contribution in [-0.2, 0) is 11.8 Å². The summed E-state index contributed by atoms with van der Waals surface area (Å²) < 4.78 is 2.54. The Balaban J connectivity index is 1.72. The molecule has 0 saturated carbocycles. The van der Waals surface area contributed by atoms with Crippen LogP contribution in [0.25, 0.3) is 10.2 Å². The first-order chi connectivity index (χ1) is 11.0. The standard InChI is InChI=1S/C15H12IN3O2S2/c1-19-14(21)11-5-6-22-13(11)18-15(19)23-8-12(20)17-10-4-2-3-9(16)7-10/h2-7H,8H2,1H3,(H,17,20). The Hall–Kier alpha value is -1.39. The highest BCUT2D eigenvalue weighted by Crippen LogP contribution is 2.21. The lowest BCUT2D eigenvalue weighted by Gasteiger charge is -2.08. The molecule has 0 atom stereocenters. The third-order valence-electron chi connectivity index (χ3n) is 3.10. The van der Waals surface area contributed by atoms with E-state index < -0.39 is 0 Å². The second-order valence-corrected chi connectivity index (χ2v) is 7.83. The molecular weight excluding hydrogens is 445 g/mol. The van der Waals surface area contributed by atoms with E-state index in [4.69, 9.17) is 0 Å². The van der Waals surface area contributed by atoms with Gasteiger partial charge in [0.25, 0.3) is 5.56 Å². The van der Waals surface area contributed by atoms with Crippen LogP contribution in [0.1, 0.15) is 0 Å². The van der Waals surface area contributed by atoms with Gasteiger partial charge in [-0.2, -0.15) is 0 Å². The largest absolute Gasteiger partial charge is 0.325 e. The second kappa shape index (κ2) is 7.02. The molecule has 3 rings (SSSR count). The van der Waals surface area contributed by atoms with Crippen molar-refractivity contribution in [2.45, 2.75) is 5.16 Å². The Morgan fingerprint density at radius 3 is 3.04 bits per heavy atom. The molecule has 2 heterocycles. The predicted molar refractivity (Wildman–Crippen MR) is 103 cm³/mol. The summed E-state index contributed by atoms with van der Waals surface area (Å²) in [6.45, 7) is 0. The van der Waals surface area contributed by atoms with Crippen LogP contribution < -0.4 is 10.9 Å². The van der Waals surface area contributed by atoms with E-state index in [-0.39, 0.29) is 17.2 Å². The number of halogens is 1. The van der Waals surface area contributed by atoms with Crippen molar-refractivity contribution < 1.29 is 4.79 Å². The molecule has 5 nitrogen and oxygen atoms in total. The number of anilines is 1. The molecule has 0 aliphatic heterocycles. The first-order valence-corrected chi connectivity index (χ1v) is 9.61. The van der Waals surface area contributed by atoms with E-state index in [1.807, 2.05) is 29.6 Å².